The molecule has 1 aliphatic heterocycles. The van der Waals surface area contributed by atoms with Crippen LogP contribution < -0.4 is 16.1 Å². The van der Waals surface area contributed by atoms with Crippen LogP contribution in [0.5, 0.6) is 5.88 Å². The number of piperazine rings is 1. The second kappa shape index (κ2) is 7.32. The molecule has 0 saturated carbocycles. The van der Waals surface area contributed by atoms with Crippen molar-refractivity contribution in [2.75, 3.05) is 33.2 Å². The first kappa shape index (κ1) is 18.0. The summed E-state index contributed by atoms with van der Waals surface area (Å²) in [6.07, 6.45) is 1.33. The molecule has 0 aliphatic carbocycles. The van der Waals surface area contributed by atoms with E-state index in [9.17, 15) is 14.7 Å². The van der Waals surface area contributed by atoms with Crippen LogP contribution >= 0.6 is 0 Å². The van der Waals surface area contributed by atoms with Crippen molar-refractivity contribution in [1.29, 1.82) is 0 Å². The number of nitrogens with one attached hydrogen (secondary N) is 2. The van der Waals surface area contributed by atoms with Crippen molar-refractivity contribution in [3.05, 3.63) is 68.9 Å². The normalized spacial score (nSPS) is 15.5. The van der Waals surface area contributed by atoms with Crippen LogP contribution in [0.3, 0.4) is 0 Å². The van der Waals surface area contributed by atoms with E-state index in [0.29, 0.717) is 5.69 Å². The highest BCUT2D eigenvalue weighted by molar-refractivity contribution is 5.91. The second-order valence-corrected chi connectivity index (χ2v) is 6.99. The number of nitrogens with zero attached hydrogens (tertiary/aromatic N) is 3. The zero-order chi connectivity index (χ0) is 19.7. The van der Waals surface area contributed by atoms with Crippen LogP contribution in [0.1, 0.15) is 5.56 Å². The maximum absolute atomic E-state index is 12.5. The lowest BCUT2D eigenvalue weighted by atomic mass is 10.1. The first-order valence-electron chi connectivity index (χ1n) is 9.21. The Bertz CT molecular complexity index is 1150. The van der Waals surface area contributed by atoms with E-state index in [-0.39, 0.29) is 5.56 Å². The van der Waals surface area contributed by atoms with Gasteiger partial charge in [-0.3, -0.25) is 14.8 Å². The zero-order valence-electron chi connectivity index (χ0n) is 15.6. The van der Waals surface area contributed by atoms with Crippen LogP contribution in [0, 0.1) is 0 Å². The maximum Gasteiger partial charge on any atom is 0.335 e. The molecule has 0 bridgehead atoms. The number of H-pyrrole nitrogens is 1. The summed E-state index contributed by atoms with van der Waals surface area (Å²) in [7, 11) is 2.12. The molecule has 1 saturated heterocycles. The topological polar surface area (TPSA) is 95.1 Å². The van der Waals surface area contributed by atoms with Crippen molar-refractivity contribution in [2.24, 2.45) is 5.10 Å². The molecule has 2 heterocycles. The molecule has 28 heavy (non-hydrogen) atoms. The summed E-state index contributed by atoms with van der Waals surface area (Å²) in [6.45, 7) is 3.44. The summed E-state index contributed by atoms with van der Waals surface area (Å²) in [6, 6.07) is 13.0. The molecule has 0 atom stereocenters. The van der Waals surface area contributed by atoms with Gasteiger partial charge in [0.05, 0.1) is 45.1 Å². The number of rotatable bonds is 3. The quantitative estimate of drug-likeness (QED) is 0.537. The third-order valence-corrected chi connectivity index (χ3v) is 5.07. The minimum absolute atomic E-state index is 0.0428. The molecule has 0 amide bonds. The largest absolute Gasteiger partial charge is 0.493 e. The van der Waals surface area contributed by atoms with Crippen molar-refractivity contribution in [1.82, 2.24) is 14.6 Å². The number of hydrogen-bond acceptors (Lipinski definition) is 5. The fourth-order valence-corrected chi connectivity index (χ4v) is 3.41. The van der Waals surface area contributed by atoms with Gasteiger partial charge in [-0.05, 0) is 11.5 Å². The summed E-state index contributed by atoms with van der Waals surface area (Å²) < 4.78 is 1.11. The van der Waals surface area contributed by atoms with Crippen LogP contribution in [0.25, 0.3) is 16.5 Å². The van der Waals surface area contributed by atoms with Crippen molar-refractivity contribution >= 4 is 17.0 Å². The average Bonchev–Trinajstić information content (AvgIpc) is 2.69. The number of aromatic hydroxyl groups is 1. The van der Waals surface area contributed by atoms with Gasteiger partial charge in [-0.25, -0.2) is 9.36 Å². The van der Waals surface area contributed by atoms with E-state index >= 15 is 0 Å². The summed E-state index contributed by atoms with van der Waals surface area (Å²) in [5.74, 6) is -0.423. The molecule has 0 unspecified atom stereocenters. The first-order chi connectivity index (χ1) is 13.5. The highest BCUT2D eigenvalue weighted by Crippen LogP contribution is 2.24. The number of aromatic nitrogens is 2. The van der Waals surface area contributed by atoms with Crippen molar-refractivity contribution in [3.8, 4) is 11.6 Å². The molecule has 3 aromatic rings. The molecule has 2 aromatic carbocycles. The second-order valence-electron chi connectivity index (χ2n) is 6.99. The molecule has 0 radical (unpaired) electrons. The predicted molar refractivity (Wildman–Crippen MR) is 108 cm³/mol. The highest BCUT2D eigenvalue weighted by Gasteiger charge is 2.18. The molecule has 144 valence electrons. The third-order valence-electron chi connectivity index (χ3n) is 5.07. The Hall–Kier alpha value is -3.39. The molecular weight excluding hydrogens is 358 g/mol. The van der Waals surface area contributed by atoms with Gasteiger partial charge >= 0.3 is 5.69 Å². The Morgan fingerprint density at radius 2 is 1.82 bits per heavy atom. The van der Waals surface area contributed by atoms with E-state index in [1.807, 2.05) is 35.3 Å². The fourth-order valence-electron chi connectivity index (χ4n) is 3.41. The minimum atomic E-state index is -0.695. The number of quaternary nitrogens is 1. The van der Waals surface area contributed by atoms with Crippen LogP contribution in [0.2, 0.25) is 0 Å². The number of benzene rings is 2. The van der Waals surface area contributed by atoms with Gasteiger partial charge in [0, 0.05) is 5.39 Å². The van der Waals surface area contributed by atoms with E-state index in [2.05, 4.69) is 17.1 Å². The van der Waals surface area contributed by atoms with Crippen LogP contribution in [-0.2, 0) is 0 Å². The Balaban J connectivity index is 1.80. The Morgan fingerprint density at radius 1 is 1.11 bits per heavy atom. The molecule has 8 nitrogen and oxygen atoms in total. The van der Waals surface area contributed by atoms with Gasteiger partial charge in [0.15, 0.2) is 0 Å². The predicted octanol–water partition coefficient (Wildman–Crippen LogP) is -0.451. The Labute approximate surface area is 161 Å². The van der Waals surface area contributed by atoms with E-state index < -0.39 is 17.1 Å². The van der Waals surface area contributed by atoms with Gasteiger partial charge in [0.2, 0.25) is 5.88 Å². The van der Waals surface area contributed by atoms with Gasteiger partial charge in [0.25, 0.3) is 5.56 Å². The molecule has 1 fully saturated rings. The number of likely N-dealkylation sites (N-methyl/N-ethyl adjacent to an activating group) is 1. The first-order valence-corrected chi connectivity index (χ1v) is 9.21. The summed E-state index contributed by atoms with van der Waals surface area (Å²) >= 11 is 0. The van der Waals surface area contributed by atoms with E-state index in [1.54, 1.807) is 12.1 Å². The molecular formula is C20H22N5O3+. The Morgan fingerprint density at radius 3 is 2.61 bits per heavy atom. The van der Waals surface area contributed by atoms with Crippen molar-refractivity contribution in [3.63, 3.8) is 0 Å². The Kier molecular flexibility index (Phi) is 4.70. The van der Waals surface area contributed by atoms with E-state index in [4.69, 9.17) is 0 Å². The molecule has 0 spiro atoms. The lowest BCUT2D eigenvalue weighted by Crippen LogP contribution is -3.11. The SMILES string of the molecule is C[NH+]1CCN(/N=C/c2c(O)n(-c3cccc4ccccc34)c(=O)[nH]c2=O)CC1. The third kappa shape index (κ3) is 3.29. The van der Waals surface area contributed by atoms with E-state index in [1.165, 1.54) is 11.1 Å². The number of aromatic amines is 1. The number of hydrazone groups is 1. The van der Waals surface area contributed by atoms with E-state index in [0.717, 1.165) is 41.5 Å². The van der Waals surface area contributed by atoms with Gasteiger partial charge in [-0.15, -0.1) is 0 Å². The molecule has 3 N–H and O–H groups in total. The lowest BCUT2D eigenvalue weighted by molar-refractivity contribution is -0.884. The van der Waals surface area contributed by atoms with Gasteiger partial charge in [-0.2, -0.15) is 5.10 Å². The van der Waals surface area contributed by atoms with Crippen LogP contribution in [0.15, 0.2) is 57.2 Å². The molecule has 1 aromatic heterocycles. The molecule has 4 rings (SSSR count). The van der Waals surface area contributed by atoms with Gasteiger partial charge < -0.3 is 10.0 Å². The van der Waals surface area contributed by atoms with Gasteiger partial charge in [-0.1, -0.05) is 36.4 Å². The summed E-state index contributed by atoms with van der Waals surface area (Å²) in [4.78, 5) is 28.5. The maximum atomic E-state index is 12.5. The average molecular weight is 380 g/mol. The van der Waals surface area contributed by atoms with Crippen LogP contribution in [-0.4, -0.2) is 59.1 Å². The summed E-state index contributed by atoms with van der Waals surface area (Å²) in [5.41, 5.74) is -0.907. The lowest BCUT2D eigenvalue weighted by Gasteiger charge is -2.27. The monoisotopic (exact) mass is 380 g/mol. The molecule has 1 aliphatic rings. The van der Waals surface area contributed by atoms with Crippen molar-refractivity contribution in [2.45, 2.75) is 0 Å². The smallest absolute Gasteiger partial charge is 0.335 e. The van der Waals surface area contributed by atoms with Gasteiger partial charge in [0.1, 0.15) is 5.56 Å². The standard InChI is InChI=1S/C20H21N5O3/c1-23-9-11-24(12-10-23)21-13-16-18(26)22-20(28)25(19(16)27)17-8-4-6-14-5-2-3-7-15(14)17/h2-8,13,27H,9-12H2,1H3,(H,22,26,28)/p+1/b21-13+. The minimum Gasteiger partial charge on any atom is -0.493 e. The fraction of sp³-hybridized carbons (Fsp3) is 0.250. The molecule has 8 heteroatoms. The van der Waals surface area contributed by atoms with Crippen LogP contribution in [0.4, 0.5) is 0 Å². The number of fused-ring (bicyclic) bond motifs is 1. The number of hydrogen-bond donors (Lipinski definition) is 3. The zero-order valence-corrected chi connectivity index (χ0v) is 15.6. The highest BCUT2D eigenvalue weighted by atomic mass is 16.3. The van der Waals surface area contributed by atoms with Crippen molar-refractivity contribution < 1.29 is 10.0 Å². The summed E-state index contributed by atoms with van der Waals surface area (Å²) in [5, 5.41) is 18.7.